The van der Waals surface area contributed by atoms with E-state index in [1.807, 2.05) is 37.3 Å². The van der Waals surface area contributed by atoms with Crippen LogP contribution in [0.2, 0.25) is 0 Å². The Morgan fingerprint density at radius 3 is 2.57 bits per heavy atom. The van der Waals surface area contributed by atoms with Crippen LogP contribution in [0.5, 0.6) is 0 Å². The molecule has 4 rings (SSSR count). The third-order valence-corrected chi connectivity index (χ3v) is 6.19. The molecule has 150 valence electrons. The smallest absolute Gasteiger partial charge is 0.254 e. The molecule has 0 radical (unpaired) electrons. The highest BCUT2D eigenvalue weighted by Gasteiger charge is 2.34. The minimum Gasteiger partial charge on any atom is -0.338 e. The third-order valence-electron chi connectivity index (χ3n) is 6.19. The van der Waals surface area contributed by atoms with Gasteiger partial charge in [0.1, 0.15) is 0 Å². The van der Waals surface area contributed by atoms with E-state index < -0.39 is 0 Å². The van der Waals surface area contributed by atoms with Crippen molar-refractivity contribution in [3.05, 3.63) is 47.6 Å². The van der Waals surface area contributed by atoms with Crippen molar-refractivity contribution in [3.63, 3.8) is 0 Å². The molecular weight excluding hydrogens is 352 g/mol. The molecule has 6 heteroatoms. The average Bonchev–Trinajstić information content (AvgIpc) is 2.99. The summed E-state index contributed by atoms with van der Waals surface area (Å²) in [6.45, 7) is 5.51. The Morgan fingerprint density at radius 2 is 1.86 bits per heavy atom. The van der Waals surface area contributed by atoms with Gasteiger partial charge in [-0.1, -0.05) is 36.2 Å². The summed E-state index contributed by atoms with van der Waals surface area (Å²) < 4.78 is 5.27. The molecule has 0 unspecified atom stereocenters. The van der Waals surface area contributed by atoms with E-state index in [2.05, 4.69) is 19.9 Å². The molecule has 1 aromatic carbocycles. The molecule has 1 atom stereocenters. The number of hydrogen-bond acceptors (Lipinski definition) is 5. The zero-order valence-corrected chi connectivity index (χ0v) is 16.7. The van der Waals surface area contributed by atoms with Crippen molar-refractivity contribution in [3.8, 4) is 0 Å². The highest BCUT2D eigenvalue weighted by atomic mass is 16.5. The normalized spacial score (nSPS) is 22.2. The molecule has 28 heavy (non-hydrogen) atoms. The van der Waals surface area contributed by atoms with Crippen LogP contribution in [0.15, 0.2) is 34.9 Å². The van der Waals surface area contributed by atoms with Crippen LogP contribution >= 0.6 is 0 Å². The van der Waals surface area contributed by atoms with E-state index in [0.717, 1.165) is 57.4 Å². The Hall–Kier alpha value is -2.21. The van der Waals surface area contributed by atoms with Gasteiger partial charge in [-0.15, -0.1) is 0 Å². The van der Waals surface area contributed by atoms with Crippen molar-refractivity contribution in [2.75, 3.05) is 19.6 Å². The van der Waals surface area contributed by atoms with Gasteiger partial charge in [0.2, 0.25) is 5.89 Å². The summed E-state index contributed by atoms with van der Waals surface area (Å²) in [4.78, 5) is 22.1. The molecule has 0 bridgehead atoms. The second kappa shape index (κ2) is 8.86. The first-order valence-electron chi connectivity index (χ1n) is 10.6. The van der Waals surface area contributed by atoms with Crippen molar-refractivity contribution >= 4 is 5.91 Å². The molecular formula is C22H30N4O2. The standard InChI is InChI=1S/C22H30N4O2/c1-17-23-21(28-24-17)16-25-14-11-18(12-15-25)20-10-6-3-7-13-26(20)22(27)19-8-4-2-5-9-19/h2,4-5,8-9,18,20H,3,6-7,10-16H2,1H3/t20-/m0/s1. The fourth-order valence-electron chi connectivity index (χ4n) is 4.71. The van der Waals surface area contributed by atoms with Crippen LogP contribution in [-0.4, -0.2) is 51.5 Å². The maximum atomic E-state index is 13.2. The average molecular weight is 383 g/mol. The molecule has 3 heterocycles. The minimum atomic E-state index is 0.205. The number of amides is 1. The number of rotatable bonds is 4. The molecule has 0 aliphatic carbocycles. The number of aromatic nitrogens is 2. The molecule has 2 fully saturated rings. The summed E-state index contributed by atoms with van der Waals surface area (Å²) in [5.41, 5.74) is 0.818. The zero-order valence-electron chi connectivity index (χ0n) is 16.7. The molecule has 0 spiro atoms. The molecule has 2 saturated heterocycles. The first-order chi connectivity index (χ1) is 13.7. The number of benzene rings is 1. The number of aryl methyl sites for hydroxylation is 1. The SMILES string of the molecule is Cc1noc(CN2CCC([C@@H]3CCCCCN3C(=O)c3ccccc3)CC2)n1. The van der Waals surface area contributed by atoms with Gasteiger partial charge < -0.3 is 9.42 Å². The Labute approximate surface area is 166 Å². The monoisotopic (exact) mass is 382 g/mol. The summed E-state index contributed by atoms with van der Waals surface area (Å²) in [5.74, 6) is 2.17. The van der Waals surface area contributed by atoms with Gasteiger partial charge in [-0.3, -0.25) is 9.69 Å². The van der Waals surface area contributed by atoms with Crippen LogP contribution in [0, 0.1) is 12.8 Å². The van der Waals surface area contributed by atoms with Crippen LogP contribution in [0.25, 0.3) is 0 Å². The van der Waals surface area contributed by atoms with E-state index in [0.29, 0.717) is 23.7 Å². The Kier molecular flexibility index (Phi) is 6.05. The summed E-state index contributed by atoms with van der Waals surface area (Å²) in [7, 11) is 0. The van der Waals surface area contributed by atoms with Crippen LogP contribution in [-0.2, 0) is 6.54 Å². The highest BCUT2D eigenvalue weighted by molar-refractivity contribution is 5.94. The molecule has 0 saturated carbocycles. The van der Waals surface area contributed by atoms with Gasteiger partial charge in [0.25, 0.3) is 5.91 Å². The molecule has 6 nitrogen and oxygen atoms in total. The van der Waals surface area contributed by atoms with Crippen molar-refractivity contribution in [1.29, 1.82) is 0 Å². The number of carbonyl (C=O) groups is 1. The first kappa shape index (κ1) is 19.1. The molecule has 1 amide bonds. The maximum Gasteiger partial charge on any atom is 0.254 e. The minimum absolute atomic E-state index is 0.205. The molecule has 2 aliphatic heterocycles. The molecule has 2 aromatic rings. The summed E-state index contributed by atoms with van der Waals surface area (Å²) in [6.07, 6.45) is 6.94. The Bertz CT molecular complexity index is 768. The topological polar surface area (TPSA) is 62.5 Å². The van der Waals surface area contributed by atoms with E-state index in [4.69, 9.17) is 4.52 Å². The van der Waals surface area contributed by atoms with Gasteiger partial charge in [-0.25, -0.2) is 0 Å². The zero-order chi connectivity index (χ0) is 19.3. The number of likely N-dealkylation sites (tertiary alicyclic amines) is 2. The summed E-state index contributed by atoms with van der Waals surface area (Å²) in [6, 6.07) is 10.1. The van der Waals surface area contributed by atoms with E-state index in [9.17, 15) is 4.79 Å². The summed E-state index contributed by atoms with van der Waals surface area (Å²) >= 11 is 0. The van der Waals surface area contributed by atoms with Crippen LogP contribution in [0.3, 0.4) is 0 Å². The predicted molar refractivity (Wildman–Crippen MR) is 107 cm³/mol. The lowest BCUT2D eigenvalue weighted by Gasteiger charge is -2.40. The van der Waals surface area contributed by atoms with Crippen molar-refractivity contribution in [1.82, 2.24) is 19.9 Å². The number of nitrogens with zero attached hydrogens (tertiary/aromatic N) is 4. The van der Waals surface area contributed by atoms with E-state index in [-0.39, 0.29) is 5.91 Å². The highest BCUT2D eigenvalue weighted by Crippen LogP contribution is 2.31. The van der Waals surface area contributed by atoms with E-state index in [1.54, 1.807) is 0 Å². The van der Waals surface area contributed by atoms with E-state index >= 15 is 0 Å². The van der Waals surface area contributed by atoms with Crippen molar-refractivity contribution < 1.29 is 9.32 Å². The van der Waals surface area contributed by atoms with E-state index in [1.165, 1.54) is 12.8 Å². The third kappa shape index (κ3) is 4.43. The van der Waals surface area contributed by atoms with Crippen LogP contribution in [0.1, 0.15) is 60.6 Å². The Balaban J connectivity index is 1.40. The van der Waals surface area contributed by atoms with Gasteiger partial charge >= 0.3 is 0 Å². The number of hydrogen-bond donors (Lipinski definition) is 0. The lowest BCUT2D eigenvalue weighted by molar-refractivity contribution is 0.0506. The van der Waals surface area contributed by atoms with Gasteiger partial charge in [-0.2, -0.15) is 4.98 Å². The maximum absolute atomic E-state index is 13.2. The van der Waals surface area contributed by atoms with Crippen molar-refractivity contribution in [2.24, 2.45) is 5.92 Å². The fourth-order valence-corrected chi connectivity index (χ4v) is 4.71. The van der Waals surface area contributed by atoms with Gasteiger partial charge in [0, 0.05) is 18.2 Å². The quantitative estimate of drug-likeness (QED) is 0.807. The predicted octanol–water partition coefficient (Wildman–Crippen LogP) is 3.68. The first-order valence-corrected chi connectivity index (χ1v) is 10.6. The van der Waals surface area contributed by atoms with Gasteiger partial charge in [-0.05, 0) is 63.7 Å². The molecule has 1 aromatic heterocycles. The number of piperidine rings is 1. The summed E-state index contributed by atoms with van der Waals surface area (Å²) in [5, 5.41) is 3.88. The van der Waals surface area contributed by atoms with Crippen molar-refractivity contribution in [2.45, 2.75) is 58.0 Å². The largest absolute Gasteiger partial charge is 0.338 e. The van der Waals surface area contributed by atoms with Crippen LogP contribution in [0.4, 0.5) is 0 Å². The molecule has 2 aliphatic rings. The second-order valence-corrected chi connectivity index (χ2v) is 8.13. The lowest BCUT2D eigenvalue weighted by atomic mass is 9.86. The van der Waals surface area contributed by atoms with Crippen LogP contribution < -0.4 is 0 Å². The van der Waals surface area contributed by atoms with Gasteiger partial charge in [0.05, 0.1) is 6.54 Å². The fraction of sp³-hybridized carbons (Fsp3) is 0.591. The molecule has 0 N–H and O–H groups in total. The Morgan fingerprint density at radius 1 is 1.07 bits per heavy atom. The number of carbonyl (C=O) groups excluding carboxylic acids is 1. The second-order valence-electron chi connectivity index (χ2n) is 8.13. The lowest BCUT2D eigenvalue weighted by Crippen LogP contribution is -2.47. The van der Waals surface area contributed by atoms with Gasteiger partial charge in [0.15, 0.2) is 5.82 Å².